The zero-order valence-corrected chi connectivity index (χ0v) is 7.07. The van der Waals surface area contributed by atoms with E-state index in [9.17, 15) is 0 Å². The van der Waals surface area contributed by atoms with Crippen molar-refractivity contribution in [2.75, 3.05) is 0 Å². The normalized spacial score (nSPS) is 13.2. The molecule has 2 heteroatoms. The van der Waals surface area contributed by atoms with Gasteiger partial charge in [0, 0.05) is 6.20 Å². The lowest BCUT2D eigenvalue weighted by Crippen LogP contribution is -1.91. The maximum absolute atomic E-state index is 8.68. The van der Waals surface area contributed by atoms with Gasteiger partial charge in [0.15, 0.2) is 0 Å². The number of hydrogen-bond donors (Lipinski definition) is 0. The molecule has 0 N–H and O–H groups in total. The molecule has 0 unspecified atom stereocenters. The Bertz CT molecular complexity index is 422. The van der Waals surface area contributed by atoms with E-state index in [1.807, 2.05) is 24.3 Å². The van der Waals surface area contributed by atoms with E-state index in [4.69, 9.17) is 5.26 Å². The number of fused-ring (bicyclic) bond motifs is 1. The van der Waals surface area contributed by atoms with Crippen molar-refractivity contribution in [1.82, 2.24) is 4.98 Å². The maximum atomic E-state index is 8.68. The highest BCUT2D eigenvalue weighted by molar-refractivity contribution is 5.54. The first-order chi connectivity index (χ1) is 6.40. The topological polar surface area (TPSA) is 36.7 Å². The summed E-state index contributed by atoms with van der Waals surface area (Å²) in [5, 5.41) is 8.68. The highest BCUT2D eigenvalue weighted by Crippen LogP contribution is 2.14. The second kappa shape index (κ2) is 3.24. The van der Waals surface area contributed by atoms with Gasteiger partial charge in [0.1, 0.15) is 6.07 Å². The fraction of sp³-hybridized carbons (Fsp3) is 0.0909. The van der Waals surface area contributed by atoms with Crippen LogP contribution in [0.2, 0.25) is 0 Å². The molecule has 1 aromatic rings. The Morgan fingerprint density at radius 3 is 3.15 bits per heavy atom. The second-order valence-electron chi connectivity index (χ2n) is 2.87. The Kier molecular flexibility index (Phi) is 1.93. The molecule has 2 rings (SSSR count). The third-order valence-corrected chi connectivity index (χ3v) is 1.97. The Morgan fingerprint density at radius 1 is 1.38 bits per heavy atom. The van der Waals surface area contributed by atoms with E-state index >= 15 is 0 Å². The van der Waals surface area contributed by atoms with Crippen LogP contribution in [-0.2, 0) is 6.42 Å². The number of nitriles is 1. The van der Waals surface area contributed by atoms with Crippen LogP contribution in [0.1, 0.15) is 16.8 Å². The molecule has 1 aromatic heterocycles. The molecule has 1 heterocycles. The summed E-state index contributed by atoms with van der Waals surface area (Å²) in [7, 11) is 0. The van der Waals surface area contributed by atoms with Crippen molar-refractivity contribution in [3.05, 3.63) is 47.3 Å². The molecular weight excluding hydrogens is 160 g/mol. The van der Waals surface area contributed by atoms with Gasteiger partial charge in [-0.2, -0.15) is 5.26 Å². The van der Waals surface area contributed by atoms with Gasteiger partial charge in [0.25, 0.3) is 0 Å². The molecule has 0 bridgehead atoms. The minimum Gasteiger partial charge on any atom is -0.255 e. The summed E-state index contributed by atoms with van der Waals surface area (Å²) in [6.07, 6.45) is 10.4. The molecule has 0 amide bonds. The molecule has 0 spiro atoms. The smallest absolute Gasteiger partial charge is 0.101 e. The first kappa shape index (κ1) is 7.75. The monoisotopic (exact) mass is 168 g/mol. The standard InChI is InChI=1S/C11H8N2/c12-7-9-6-10-4-2-1-3-5-11(10)13-8-9/h1-3,5-6,8H,4H2. The van der Waals surface area contributed by atoms with Gasteiger partial charge in [-0.1, -0.05) is 18.2 Å². The van der Waals surface area contributed by atoms with E-state index in [0.717, 1.165) is 17.7 Å². The van der Waals surface area contributed by atoms with Crippen LogP contribution in [0.4, 0.5) is 0 Å². The molecule has 1 aliphatic rings. The van der Waals surface area contributed by atoms with Gasteiger partial charge in [0.2, 0.25) is 0 Å². The van der Waals surface area contributed by atoms with Crippen molar-refractivity contribution in [2.45, 2.75) is 6.42 Å². The summed E-state index contributed by atoms with van der Waals surface area (Å²) in [6.45, 7) is 0. The van der Waals surface area contributed by atoms with E-state index in [-0.39, 0.29) is 0 Å². The third-order valence-electron chi connectivity index (χ3n) is 1.97. The summed E-state index contributed by atoms with van der Waals surface area (Å²) < 4.78 is 0. The molecule has 0 aromatic carbocycles. The molecule has 0 fully saturated rings. The van der Waals surface area contributed by atoms with Crippen LogP contribution in [0.25, 0.3) is 6.08 Å². The summed E-state index contributed by atoms with van der Waals surface area (Å²) >= 11 is 0. The van der Waals surface area contributed by atoms with Gasteiger partial charge in [-0.3, -0.25) is 4.98 Å². The van der Waals surface area contributed by atoms with Crippen molar-refractivity contribution < 1.29 is 0 Å². The van der Waals surface area contributed by atoms with Crippen molar-refractivity contribution in [3.63, 3.8) is 0 Å². The zero-order chi connectivity index (χ0) is 9.10. The molecular formula is C11H8N2. The Hall–Kier alpha value is -1.88. The highest BCUT2D eigenvalue weighted by atomic mass is 14.7. The second-order valence-corrected chi connectivity index (χ2v) is 2.87. The van der Waals surface area contributed by atoms with Crippen LogP contribution in [0.3, 0.4) is 0 Å². The predicted molar refractivity (Wildman–Crippen MR) is 50.8 cm³/mol. The van der Waals surface area contributed by atoms with Crippen LogP contribution in [0.15, 0.2) is 30.5 Å². The molecule has 0 atom stereocenters. The van der Waals surface area contributed by atoms with Crippen LogP contribution in [-0.4, -0.2) is 4.98 Å². The fourth-order valence-corrected chi connectivity index (χ4v) is 1.32. The number of aromatic nitrogens is 1. The summed E-state index contributed by atoms with van der Waals surface area (Å²) in [4.78, 5) is 4.20. The molecule has 0 saturated carbocycles. The number of hydrogen-bond acceptors (Lipinski definition) is 2. The van der Waals surface area contributed by atoms with Crippen LogP contribution in [0, 0.1) is 11.3 Å². The van der Waals surface area contributed by atoms with Gasteiger partial charge >= 0.3 is 0 Å². The van der Waals surface area contributed by atoms with Crippen LogP contribution >= 0.6 is 0 Å². The predicted octanol–water partition coefficient (Wildman–Crippen LogP) is 2.08. The van der Waals surface area contributed by atoms with Crippen molar-refractivity contribution in [3.8, 4) is 6.07 Å². The van der Waals surface area contributed by atoms with Crippen molar-refractivity contribution >= 4 is 6.08 Å². The first-order valence-corrected chi connectivity index (χ1v) is 4.12. The van der Waals surface area contributed by atoms with E-state index in [1.54, 1.807) is 6.20 Å². The van der Waals surface area contributed by atoms with E-state index in [1.165, 1.54) is 0 Å². The summed E-state index contributed by atoms with van der Waals surface area (Å²) in [6, 6.07) is 3.98. The zero-order valence-electron chi connectivity index (χ0n) is 7.07. The molecule has 2 nitrogen and oxygen atoms in total. The summed E-state index contributed by atoms with van der Waals surface area (Å²) in [5.74, 6) is 0. The minimum atomic E-state index is 0.627. The number of allylic oxidation sites excluding steroid dienone is 3. The first-order valence-electron chi connectivity index (χ1n) is 4.12. The lowest BCUT2D eigenvalue weighted by atomic mass is 10.1. The number of rotatable bonds is 0. The molecule has 0 saturated heterocycles. The molecule has 13 heavy (non-hydrogen) atoms. The fourth-order valence-electron chi connectivity index (χ4n) is 1.32. The summed E-state index contributed by atoms with van der Waals surface area (Å²) in [5.41, 5.74) is 2.70. The Morgan fingerprint density at radius 2 is 2.31 bits per heavy atom. The lowest BCUT2D eigenvalue weighted by Gasteiger charge is -2.00. The minimum absolute atomic E-state index is 0.627. The average Bonchev–Trinajstić information content (AvgIpc) is 2.41. The SMILES string of the molecule is N#Cc1cnc2c(c1)CC=CC=C2. The van der Waals surface area contributed by atoms with E-state index < -0.39 is 0 Å². The van der Waals surface area contributed by atoms with Crippen molar-refractivity contribution in [1.29, 1.82) is 5.26 Å². The van der Waals surface area contributed by atoms with Gasteiger partial charge < -0.3 is 0 Å². The van der Waals surface area contributed by atoms with Gasteiger partial charge in [0.05, 0.1) is 11.3 Å². The van der Waals surface area contributed by atoms with E-state index in [2.05, 4.69) is 17.1 Å². The Labute approximate surface area is 76.8 Å². The highest BCUT2D eigenvalue weighted by Gasteiger charge is 2.02. The third kappa shape index (κ3) is 1.50. The average molecular weight is 168 g/mol. The molecule has 0 aliphatic heterocycles. The molecule has 1 aliphatic carbocycles. The molecule has 0 radical (unpaired) electrons. The van der Waals surface area contributed by atoms with Crippen LogP contribution < -0.4 is 0 Å². The van der Waals surface area contributed by atoms with E-state index in [0.29, 0.717) is 5.56 Å². The molecule has 62 valence electrons. The Balaban J connectivity index is 2.53. The van der Waals surface area contributed by atoms with Gasteiger partial charge in [-0.25, -0.2) is 0 Å². The van der Waals surface area contributed by atoms with Crippen molar-refractivity contribution in [2.24, 2.45) is 0 Å². The lowest BCUT2D eigenvalue weighted by molar-refractivity contribution is 1.16. The number of nitrogens with zero attached hydrogens (tertiary/aromatic N) is 2. The number of pyridine rings is 1. The quantitative estimate of drug-likeness (QED) is 0.594. The van der Waals surface area contributed by atoms with Crippen LogP contribution in [0.5, 0.6) is 0 Å². The van der Waals surface area contributed by atoms with Gasteiger partial charge in [-0.15, -0.1) is 0 Å². The largest absolute Gasteiger partial charge is 0.255 e. The van der Waals surface area contributed by atoms with Gasteiger partial charge in [-0.05, 0) is 24.1 Å². The maximum Gasteiger partial charge on any atom is 0.101 e.